The Bertz CT molecular complexity index is 645. The molecule has 0 radical (unpaired) electrons. The number of hydrogen-bond acceptors (Lipinski definition) is 3. The molecule has 3 heteroatoms. The van der Waals surface area contributed by atoms with E-state index < -0.39 is 0 Å². The minimum Gasteiger partial charge on any atom is -0.508 e. The van der Waals surface area contributed by atoms with E-state index >= 15 is 0 Å². The van der Waals surface area contributed by atoms with Gasteiger partial charge < -0.3 is 9.84 Å². The van der Waals surface area contributed by atoms with Crippen LogP contribution in [0.15, 0.2) is 36.4 Å². The van der Waals surface area contributed by atoms with Gasteiger partial charge in [0, 0.05) is 6.92 Å². The molecule has 2 rings (SSSR count). The summed E-state index contributed by atoms with van der Waals surface area (Å²) in [6, 6.07) is 11.4. The fourth-order valence-corrected chi connectivity index (χ4v) is 2.15. The summed E-state index contributed by atoms with van der Waals surface area (Å²) in [6.45, 7) is 5.20. The van der Waals surface area contributed by atoms with Crippen LogP contribution in [0.5, 0.6) is 11.5 Å². The molecule has 0 aliphatic carbocycles. The maximum Gasteiger partial charge on any atom is 0.308 e. The Morgan fingerprint density at radius 2 is 1.65 bits per heavy atom. The number of aryl methyl sites for hydroxylation is 2. The van der Waals surface area contributed by atoms with E-state index in [1.807, 2.05) is 44.2 Å². The molecule has 0 bridgehead atoms. The third kappa shape index (κ3) is 3.38. The first-order valence-corrected chi connectivity index (χ1v) is 6.52. The standard InChI is InChI=1S/C17H18O3/c1-11-8-14(4-6-16(11)19)10-15-5-7-17(12(2)9-15)20-13(3)18/h4-9,19H,10H2,1-3H3. The lowest BCUT2D eigenvalue weighted by Crippen LogP contribution is -2.03. The number of phenols is 1. The Morgan fingerprint density at radius 1 is 1.05 bits per heavy atom. The van der Waals surface area contributed by atoms with Crippen LogP contribution in [0.2, 0.25) is 0 Å². The van der Waals surface area contributed by atoms with Gasteiger partial charge in [0.2, 0.25) is 0 Å². The fourth-order valence-electron chi connectivity index (χ4n) is 2.15. The molecule has 0 aromatic heterocycles. The molecule has 0 amide bonds. The van der Waals surface area contributed by atoms with Crippen molar-refractivity contribution < 1.29 is 14.6 Å². The predicted octanol–water partition coefficient (Wildman–Crippen LogP) is 3.53. The number of phenolic OH excluding ortho intramolecular Hbond substituents is 1. The van der Waals surface area contributed by atoms with Crippen molar-refractivity contribution in [3.05, 3.63) is 58.7 Å². The van der Waals surface area contributed by atoms with E-state index in [4.69, 9.17) is 4.74 Å². The Balaban J connectivity index is 2.19. The minimum atomic E-state index is -0.310. The number of carbonyl (C=O) groups excluding carboxylic acids is 1. The van der Waals surface area contributed by atoms with Gasteiger partial charge in [0.05, 0.1) is 0 Å². The first kappa shape index (κ1) is 14.1. The molecular weight excluding hydrogens is 252 g/mol. The van der Waals surface area contributed by atoms with E-state index in [2.05, 4.69) is 0 Å². The van der Waals surface area contributed by atoms with Crippen LogP contribution >= 0.6 is 0 Å². The van der Waals surface area contributed by atoms with Crippen LogP contribution in [-0.2, 0) is 11.2 Å². The molecule has 0 fully saturated rings. The van der Waals surface area contributed by atoms with E-state index in [-0.39, 0.29) is 5.97 Å². The highest BCUT2D eigenvalue weighted by Gasteiger charge is 2.05. The van der Waals surface area contributed by atoms with E-state index in [1.54, 1.807) is 6.07 Å². The van der Waals surface area contributed by atoms with Crippen molar-refractivity contribution in [3.63, 3.8) is 0 Å². The third-order valence-corrected chi connectivity index (χ3v) is 3.16. The van der Waals surface area contributed by atoms with Gasteiger partial charge in [-0.3, -0.25) is 4.79 Å². The summed E-state index contributed by atoms with van der Waals surface area (Å²) in [5, 5.41) is 9.53. The summed E-state index contributed by atoms with van der Waals surface area (Å²) in [7, 11) is 0. The van der Waals surface area contributed by atoms with Crippen LogP contribution in [0.25, 0.3) is 0 Å². The number of benzene rings is 2. The van der Waals surface area contributed by atoms with Crippen LogP contribution in [0, 0.1) is 13.8 Å². The van der Waals surface area contributed by atoms with Crippen LogP contribution in [-0.4, -0.2) is 11.1 Å². The molecule has 3 nitrogen and oxygen atoms in total. The quantitative estimate of drug-likeness (QED) is 0.685. The van der Waals surface area contributed by atoms with Crippen LogP contribution in [0.1, 0.15) is 29.2 Å². The average Bonchev–Trinajstić information content (AvgIpc) is 2.37. The summed E-state index contributed by atoms with van der Waals surface area (Å²) in [5.74, 6) is 0.605. The lowest BCUT2D eigenvalue weighted by Gasteiger charge is -2.09. The third-order valence-electron chi connectivity index (χ3n) is 3.16. The number of aromatic hydroxyl groups is 1. The van der Waals surface area contributed by atoms with Gasteiger partial charge in [0.25, 0.3) is 0 Å². The minimum absolute atomic E-state index is 0.310. The van der Waals surface area contributed by atoms with Crippen molar-refractivity contribution in [1.82, 2.24) is 0 Å². The van der Waals surface area contributed by atoms with Crippen molar-refractivity contribution in [3.8, 4) is 11.5 Å². The number of rotatable bonds is 3. The van der Waals surface area contributed by atoms with Crippen molar-refractivity contribution in [2.45, 2.75) is 27.2 Å². The first-order valence-electron chi connectivity index (χ1n) is 6.52. The van der Waals surface area contributed by atoms with Crippen molar-refractivity contribution in [2.24, 2.45) is 0 Å². The molecule has 1 N–H and O–H groups in total. The molecule has 0 aliphatic rings. The summed E-state index contributed by atoms with van der Waals surface area (Å²) in [5.41, 5.74) is 4.09. The summed E-state index contributed by atoms with van der Waals surface area (Å²) < 4.78 is 5.11. The molecule has 0 heterocycles. The number of esters is 1. The lowest BCUT2D eigenvalue weighted by molar-refractivity contribution is -0.131. The van der Waals surface area contributed by atoms with Gasteiger partial charge in [-0.25, -0.2) is 0 Å². The zero-order valence-corrected chi connectivity index (χ0v) is 11.9. The van der Waals surface area contributed by atoms with E-state index in [0.29, 0.717) is 11.5 Å². The van der Waals surface area contributed by atoms with Gasteiger partial charge in [-0.1, -0.05) is 24.3 Å². The van der Waals surface area contributed by atoms with Gasteiger partial charge in [0.1, 0.15) is 11.5 Å². The highest BCUT2D eigenvalue weighted by atomic mass is 16.5. The number of hydrogen-bond donors (Lipinski definition) is 1. The largest absolute Gasteiger partial charge is 0.508 e. The molecule has 0 unspecified atom stereocenters. The SMILES string of the molecule is CC(=O)Oc1ccc(Cc2ccc(O)c(C)c2)cc1C. The molecule has 0 atom stereocenters. The van der Waals surface area contributed by atoms with Gasteiger partial charge in [-0.2, -0.15) is 0 Å². The summed E-state index contributed by atoms with van der Waals surface area (Å²) in [6.07, 6.45) is 0.780. The van der Waals surface area contributed by atoms with Gasteiger partial charge >= 0.3 is 5.97 Å². The van der Waals surface area contributed by atoms with Crippen molar-refractivity contribution in [1.29, 1.82) is 0 Å². The highest BCUT2D eigenvalue weighted by molar-refractivity contribution is 5.69. The van der Waals surface area contributed by atoms with Crippen molar-refractivity contribution in [2.75, 3.05) is 0 Å². The lowest BCUT2D eigenvalue weighted by atomic mass is 10.0. The molecule has 0 saturated carbocycles. The second kappa shape index (κ2) is 5.78. The number of ether oxygens (including phenoxy) is 1. The molecular formula is C17H18O3. The summed E-state index contributed by atoms with van der Waals surface area (Å²) in [4.78, 5) is 11.0. The fraction of sp³-hybridized carbons (Fsp3) is 0.235. The maximum absolute atomic E-state index is 11.0. The second-order valence-electron chi connectivity index (χ2n) is 4.99. The molecule has 20 heavy (non-hydrogen) atoms. The van der Waals surface area contributed by atoms with Gasteiger partial charge in [-0.05, 0) is 54.7 Å². The van der Waals surface area contributed by atoms with Crippen molar-refractivity contribution >= 4 is 5.97 Å². The zero-order chi connectivity index (χ0) is 14.7. The number of carbonyl (C=O) groups is 1. The molecule has 0 aliphatic heterocycles. The Kier molecular flexibility index (Phi) is 4.08. The zero-order valence-electron chi connectivity index (χ0n) is 11.9. The van der Waals surface area contributed by atoms with Gasteiger partial charge in [-0.15, -0.1) is 0 Å². The van der Waals surface area contributed by atoms with Crippen LogP contribution in [0.4, 0.5) is 0 Å². The van der Waals surface area contributed by atoms with Crippen LogP contribution < -0.4 is 4.74 Å². The first-order chi connectivity index (χ1) is 9.45. The Hall–Kier alpha value is -2.29. The smallest absolute Gasteiger partial charge is 0.308 e. The molecule has 104 valence electrons. The monoisotopic (exact) mass is 270 g/mol. The molecule has 2 aromatic carbocycles. The molecule has 0 spiro atoms. The topological polar surface area (TPSA) is 46.5 Å². The van der Waals surface area contributed by atoms with E-state index in [9.17, 15) is 9.90 Å². The normalized spacial score (nSPS) is 10.3. The van der Waals surface area contributed by atoms with E-state index in [0.717, 1.165) is 28.7 Å². The van der Waals surface area contributed by atoms with E-state index in [1.165, 1.54) is 6.92 Å². The second-order valence-corrected chi connectivity index (χ2v) is 4.99. The highest BCUT2D eigenvalue weighted by Crippen LogP contribution is 2.23. The molecule has 2 aromatic rings. The summed E-state index contributed by atoms with van der Waals surface area (Å²) >= 11 is 0. The Labute approximate surface area is 118 Å². The average molecular weight is 270 g/mol. The predicted molar refractivity (Wildman–Crippen MR) is 78.1 cm³/mol. The molecule has 0 saturated heterocycles. The maximum atomic E-state index is 11.0. The van der Waals surface area contributed by atoms with Gasteiger partial charge in [0.15, 0.2) is 0 Å². The Morgan fingerprint density at radius 3 is 2.20 bits per heavy atom. The van der Waals surface area contributed by atoms with Crippen LogP contribution in [0.3, 0.4) is 0 Å².